The van der Waals surface area contributed by atoms with Crippen LogP contribution in [0.3, 0.4) is 0 Å². The number of alkyl halides is 2. The number of halogens is 2. The van der Waals surface area contributed by atoms with E-state index >= 15 is 0 Å². The maximum absolute atomic E-state index is 5.68. The first kappa shape index (κ1) is 14.9. The van der Waals surface area contributed by atoms with E-state index in [1.165, 1.54) is 5.56 Å². The van der Waals surface area contributed by atoms with E-state index < -0.39 is 0 Å². The summed E-state index contributed by atoms with van der Waals surface area (Å²) in [5.41, 5.74) is 1.18. The average Bonchev–Trinajstić information content (AvgIpc) is 2.34. The first-order valence-electron chi connectivity index (χ1n) is 5.14. The van der Waals surface area contributed by atoms with E-state index in [2.05, 4.69) is 15.9 Å². The second kappa shape index (κ2) is 10.5. The molecule has 0 aliphatic carbocycles. The molecule has 0 fully saturated rings. The van der Waals surface area contributed by atoms with Gasteiger partial charge in [0, 0.05) is 11.2 Å². The Kier molecular flexibility index (Phi) is 10.4. The SMILES string of the molecule is CC.ClCC(CBr)OCc1ccccc1. The van der Waals surface area contributed by atoms with Crippen LogP contribution in [-0.4, -0.2) is 17.3 Å². The molecule has 0 spiro atoms. The highest BCUT2D eigenvalue weighted by Crippen LogP contribution is 2.06. The fourth-order valence-electron chi connectivity index (χ4n) is 0.919. The third kappa shape index (κ3) is 6.93. The molecular weight excluding hydrogens is 275 g/mol. The lowest BCUT2D eigenvalue weighted by atomic mass is 10.2. The van der Waals surface area contributed by atoms with E-state index in [-0.39, 0.29) is 6.10 Å². The number of rotatable bonds is 5. The van der Waals surface area contributed by atoms with Gasteiger partial charge in [0.25, 0.3) is 0 Å². The zero-order chi connectivity index (χ0) is 11.5. The molecule has 0 N–H and O–H groups in total. The Labute approximate surface area is 106 Å². The molecule has 0 aliphatic heterocycles. The minimum absolute atomic E-state index is 0.0990. The molecule has 0 radical (unpaired) electrons. The van der Waals surface area contributed by atoms with Crippen LogP contribution >= 0.6 is 27.5 Å². The van der Waals surface area contributed by atoms with Crippen LogP contribution in [-0.2, 0) is 11.3 Å². The highest BCUT2D eigenvalue weighted by atomic mass is 79.9. The van der Waals surface area contributed by atoms with E-state index in [1.54, 1.807) is 0 Å². The molecule has 1 aromatic carbocycles. The highest BCUT2D eigenvalue weighted by Gasteiger charge is 2.04. The smallest absolute Gasteiger partial charge is 0.0811 e. The molecule has 0 amide bonds. The Hall–Kier alpha value is -0.0500. The van der Waals surface area contributed by atoms with Crippen molar-refractivity contribution in [1.82, 2.24) is 0 Å². The standard InChI is InChI=1S/C10H12BrClO.C2H6/c11-6-10(7-12)13-8-9-4-2-1-3-5-9;1-2/h1-5,10H,6-8H2;1-2H3. The third-order valence-corrected chi connectivity index (χ3v) is 2.74. The Morgan fingerprint density at radius 3 is 2.33 bits per heavy atom. The average molecular weight is 294 g/mol. The van der Waals surface area contributed by atoms with Gasteiger partial charge in [0.15, 0.2) is 0 Å². The lowest BCUT2D eigenvalue weighted by Gasteiger charge is -2.11. The third-order valence-electron chi connectivity index (χ3n) is 1.67. The number of ether oxygens (including phenoxy) is 1. The van der Waals surface area contributed by atoms with E-state index in [4.69, 9.17) is 16.3 Å². The molecule has 86 valence electrons. The molecule has 3 heteroatoms. The molecule has 0 aliphatic rings. The van der Waals surface area contributed by atoms with Crippen molar-refractivity contribution in [2.75, 3.05) is 11.2 Å². The molecule has 0 aromatic heterocycles. The summed E-state index contributed by atoms with van der Waals surface area (Å²) in [6, 6.07) is 10.1. The van der Waals surface area contributed by atoms with Crippen LogP contribution in [0.2, 0.25) is 0 Å². The van der Waals surface area contributed by atoms with Gasteiger partial charge in [0.2, 0.25) is 0 Å². The summed E-state index contributed by atoms with van der Waals surface area (Å²) in [6.45, 7) is 4.63. The van der Waals surface area contributed by atoms with Gasteiger partial charge in [-0.3, -0.25) is 0 Å². The van der Waals surface area contributed by atoms with Crippen molar-refractivity contribution in [3.8, 4) is 0 Å². The topological polar surface area (TPSA) is 9.23 Å². The van der Waals surface area contributed by atoms with Gasteiger partial charge in [-0.05, 0) is 5.56 Å². The van der Waals surface area contributed by atoms with Crippen molar-refractivity contribution in [2.24, 2.45) is 0 Å². The number of hydrogen-bond donors (Lipinski definition) is 0. The number of hydrogen-bond acceptors (Lipinski definition) is 1. The quantitative estimate of drug-likeness (QED) is 0.738. The molecule has 0 heterocycles. The summed E-state index contributed by atoms with van der Waals surface area (Å²) in [7, 11) is 0. The zero-order valence-electron chi connectivity index (χ0n) is 9.25. The van der Waals surface area contributed by atoms with E-state index in [1.807, 2.05) is 44.2 Å². The van der Waals surface area contributed by atoms with Gasteiger partial charge in [0.05, 0.1) is 12.7 Å². The second-order valence-electron chi connectivity index (χ2n) is 2.73. The maximum atomic E-state index is 5.68. The van der Waals surface area contributed by atoms with Gasteiger partial charge in [-0.25, -0.2) is 0 Å². The highest BCUT2D eigenvalue weighted by molar-refractivity contribution is 9.09. The summed E-state index contributed by atoms with van der Waals surface area (Å²) in [4.78, 5) is 0. The Bertz CT molecular complexity index is 224. The lowest BCUT2D eigenvalue weighted by molar-refractivity contribution is 0.0717. The molecule has 1 aromatic rings. The maximum Gasteiger partial charge on any atom is 0.0811 e. The van der Waals surface area contributed by atoms with Crippen LogP contribution in [0.25, 0.3) is 0 Å². The normalized spacial score (nSPS) is 11.5. The Morgan fingerprint density at radius 1 is 1.27 bits per heavy atom. The predicted molar refractivity (Wildman–Crippen MR) is 70.9 cm³/mol. The van der Waals surface area contributed by atoms with Crippen LogP contribution in [0.5, 0.6) is 0 Å². The first-order chi connectivity index (χ1) is 7.36. The Morgan fingerprint density at radius 2 is 1.87 bits per heavy atom. The molecule has 0 saturated carbocycles. The van der Waals surface area contributed by atoms with Crippen molar-refractivity contribution in [1.29, 1.82) is 0 Å². The van der Waals surface area contributed by atoms with E-state index in [0.29, 0.717) is 12.5 Å². The minimum atomic E-state index is 0.0990. The van der Waals surface area contributed by atoms with Crippen molar-refractivity contribution in [2.45, 2.75) is 26.6 Å². The van der Waals surface area contributed by atoms with Crippen LogP contribution in [0.15, 0.2) is 30.3 Å². The first-order valence-corrected chi connectivity index (χ1v) is 6.80. The molecule has 1 unspecified atom stereocenters. The van der Waals surface area contributed by atoms with Crippen molar-refractivity contribution in [3.05, 3.63) is 35.9 Å². The minimum Gasteiger partial charge on any atom is -0.371 e. The monoisotopic (exact) mass is 292 g/mol. The van der Waals surface area contributed by atoms with Gasteiger partial charge >= 0.3 is 0 Å². The summed E-state index contributed by atoms with van der Waals surface area (Å²) in [5, 5.41) is 0.781. The van der Waals surface area contributed by atoms with Crippen LogP contribution in [0.1, 0.15) is 19.4 Å². The summed E-state index contributed by atoms with van der Waals surface area (Å²) in [5.74, 6) is 0.526. The van der Waals surface area contributed by atoms with Crippen molar-refractivity contribution >= 4 is 27.5 Å². The lowest BCUT2D eigenvalue weighted by Crippen LogP contribution is -2.15. The van der Waals surface area contributed by atoms with E-state index in [9.17, 15) is 0 Å². The summed E-state index contributed by atoms with van der Waals surface area (Å²) >= 11 is 9.02. The molecule has 1 nitrogen and oxygen atoms in total. The summed E-state index contributed by atoms with van der Waals surface area (Å²) < 4.78 is 5.55. The van der Waals surface area contributed by atoms with Gasteiger partial charge in [0.1, 0.15) is 0 Å². The largest absolute Gasteiger partial charge is 0.371 e. The van der Waals surface area contributed by atoms with Crippen LogP contribution < -0.4 is 0 Å². The van der Waals surface area contributed by atoms with Crippen LogP contribution in [0, 0.1) is 0 Å². The molecule has 1 atom stereocenters. The Balaban J connectivity index is 0.000000921. The fraction of sp³-hybridized carbons (Fsp3) is 0.500. The van der Waals surface area contributed by atoms with Crippen molar-refractivity contribution < 1.29 is 4.74 Å². The zero-order valence-corrected chi connectivity index (χ0v) is 11.6. The fourth-order valence-corrected chi connectivity index (χ4v) is 1.80. The number of benzene rings is 1. The van der Waals surface area contributed by atoms with Gasteiger partial charge in [-0.1, -0.05) is 60.1 Å². The molecule has 0 saturated heterocycles. The molecule has 15 heavy (non-hydrogen) atoms. The van der Waals surface area contributed by atoms with Crippen molar-refractivity contribution in [3.63, 3.8) is 0 Å². The molecule has 1 rings (SSSR count). The second-order valence-corrected chi connectivity index (χ2v) is 3.68. The van der Waals surface area contributed by atoms with Gasteiger partial charge in [-0.15, -0.1) is 11.6 Å². The molecule has 0 bridgehead atoms. The van der Waals surface area contributed by atoms with Crippen LogP contribution in [0.4, 0.5) is 0 Å². The van der Waals surface area contributed by atoms with Gasteiger partial charge < -0.3 is 4.74 Å². The van der Waals surface area contributed by atoms with Gasteiger partial charge in [-0.2, -0.15) is 0 Å². The predicted octanol–water partition coefficient (Wildman–Crippen LogP) is 4.23. The summed E-state index contributed by atoms with van der Waals surface area (Å²) in [6.07, 6.45) is 0.0990. The van der Waals surface area contributed by atoms with E-state index in [0.717, 1.165) is 5.33 Å². The molecular formula is C12H18BrClO.